The van der Waals surface area contributed by atoms with Crippen LogP contribution in [0.2, 0.25) is 0 Å². The van der Waals surface area contributed by atoms with Crippen LogP contribution >= 0.6 is 0 Å². The third kappa shape index (κ3) is 6.06. The predicted molar refractivity (Wildman–Crippen MR) is 152 cm³/mol. The minimum atomic E-state index is -0.858. The van der Waals surface area contributed by atoms with Gasteiger partial charge in [-0.25, -0.2) is 4.39 Å². The maximum absolute atomic E-state index is 14.1. The molecule has 2 heterocycles. The Labute approximate surface area is 239 Å². The largest absolute Gasteiger partial charge is 0.365 e. The van der Waals surface area contributed by atoms with Crippen molar-refractivity contribution in [1.29, 1.82) is 0 Å². The van der Waals surface area contributed by atoms with Gasteiger partial charge in [0.25, 0.3) is 11.8 Å². The van der Waals surface area contributed by atoms with Crippen LogP contribution in [0.4, 0.5) is 10.1 Å². The molecule has 2 aromatic carbocycles. The Morgan fingerprint density at radius 2 is 1.68 bits per heavy atom. The molecule has 10 heteroatoms. The number of primary amides is 1. The van der Waals surface area contributed by atoms with Gasteiger partial charge in [-0.15, -0.1) is 0 Å². The molecule has 3 fully saturated rings. The average molecular weight is 564 g/mol. The molecular formula is C31H38FN5O4. The van der Waals surface area contributed by atoms with Crippen molar-refractivity contribution in [1.82, 2.24) is 15.1 Å². The molecule has 4 amide bonds. The number of para-hydroxylation sites is 1. The number of likely N-dealkylation sites (tertiary alicyclic amines) is 1. The van der Waals surface area contributed by atoms with E-state index < -0.39 is 17.3 Å². The highest BCUT2D eigenvalue weighted by Gasteiger charge is 2.54. The third-order valence-electron chi connectivity index (χ3n) is 8.78. The lowest BCUT2D eigenvalue weighted by Crippen LogP contribution is -2.57. The van der Waals surface area contributed by atoms with Gasteiger partial charge in [-0.2, -0.15) is 0 Å². The Balaban J connectivity index is 1.25. The van der Waals surface area contributed by atoms with Gasteiger partial charge in [-0.1, -0.05) is 49.6 Å². The quantitative estimate of drug-likeness (QED) is 0.513. The van der Waals surface area contributed by atoms with Crippen molar-refractivity contribution >= 4 is 29.3 Å². The molecule has 0 unspecified atom stereocenters. The first kappa shape index (κ1) is 28.6. The lowest BCUT2D eigenvalue weighted by molar-refractivity contribution is -0.140. The van der Waals surface area contributed by atoms with Gasteiger partial charge >= 0.3 is 0 Å². The number of rotatable bonds is 8. The van der Waals surface area contributed by atoms with Crippen molar-refractivity contribution in [2.75, 3.05) is 31.2 Å². The summed E-state index contributed by atoms with van der Waals surface area (Å²) in [5.74, 6) is -1.89. The van der Waals surface area contributed by atoms with Gasteiger partial charge in [0.2, 0.25) is 11.8 Å². The number of nitrogens with one attached hydrogen (secondary N) is 1. The molecule has 3 N–H and O–H groups in total. The summed E-state index contributed by atoms with van der Waals surface area (Å²) in [7, 11) is 0. The van der Waals surface area contributed by atoms with Gasteiger partial charge < -0.3 is 25.8 Å². The van der Waals surface area contributed by atoms with Gasteiger partial charge in [-0.05, 0) is 55.9 Å². The fraction of sp³-hybridized carbons (Fsp3) is 0.484. The lowest BCUT2D eigenvalue weighted by atomic mass is 9.85. The van der Waals surface area contributed by atoms with Gasteiger partial charge in [-0.3, -0.25) is 19.2 Å². The number of nitrogens with two attached hydrogens (primary N) is 1. The summed E-state index contributed by atoms with van der Waals surface area (Å²) >= 11 is 0. The second-order valence-electron chi connectivity index (χ2n) is 11.4. The molecule has 1 spiro atoms. The molecule has 9 nitrogen and oxygen atoms in total. The SMILES string of the molecule is NC(=O)c1c(F)cccc1CCC(=O)N1CCC2(CC1)C(=O)N(CC(=O)NC1CCCCC1)CN2c1ccccc1. The first-order valence-electron chi connectivity index (χ1n) is 14.5. The Morgan fingerprint density at radius 3 is 2.37 bits per heavy atom. The number of carbonyl (C=O) groups is 4. The van der Waals surface area contributed by atoms with Crippen LogP contribution in [0, 0.1) is 5.82 Å². The van der Waals surface area contributed by atoms with Crippen molar-refractivity contribution < 1.29 is 23.6 Å². The monoisotopic (exact) mass is 563 g/mol. The van der Waals surface area contributed by atoms with Crippen LogP contribution in [0.25, 0.3) is 0 Å². The van der Waals surface area contributed by atoms with Crippen LogP contribution in [0.15, 0.2) is 48.5 Å². The molecule has 218 valence electrons. The second kappa shape index (κ2) is 12.3. The maximum Gasteiger partial charge on any atom is 0.251 e. The van der Waals surface area contributed by atoms with Crippen molar-refractivity contribution in [3.05, 3.63) is 65.5 Å². The number of amides is 4. The first-order valence-corrected chi connectivity index (χ1v) is 14.5. The van der Waals surface area contributed by atoms with E-state index in [1.807, 2.05) is 30.3 Å². The van der Waals surface area contributed by atoms with E-state index in [4.69, 9.17) is 5.73 Å². The van der Waals surface area contributed by atoms with E-state index in [-0.39, 0.29) is 48.7 Å². The molecule has 2 aromatic rings. The number of halogens is 1. The summed E-state index contributed by atoms with van der Waals surface area (Å²) in [6, 6.07) is 14.2. The molecule has 41 heavy (non-hydrogen) atoms. The summed E-state index contributed by atoms with van der Waals surface area (Å²) in [4.78, 5) is 57.1. The smallest absolute Gasteiger partial charge is 0.251 e. The van der Waals surface area contributed by atoms with Gasteiger partial charge in [0.1, 0.15) is 17.9 Å². The Kier molecular flexibility index (Phi) is 8.56. The summed E-state index contributed by atoms with van der Waals surface area (Å²) in [5.41, 5.74) is 5.64. The van der Waals surface area contributed by atoms with Crippen LogP contribution in [0.5, 0.6) is 0 Å². The number of hydrogen-bond donors (Lipinski definition) is 2. The molecular weight excluding hydrogens is 525 g/mol. The van der Waals surface area contributed by atoms with Crippen LogP contribution in [0.1, 0.15) is 67.3 Å². The number of carbonyl (C=O) groups excluding carboxylic acids is 4. The van der Waals surface area contributed by atoms with Crippen molar-refractivity contribution in [3.8, 4) is 0 Å². The van der Waals surface area contributed by atoms with Gasteiger partial charge in [0, 0.05) is 31.2 Å². The Morgan fingerprint density at radius 1 is 0.976 bits per heavy atom. The maximum atomic E-state index is 14.1. The zero-order valence-electron chi connectivity index (χ0n) is 23.3. The molecule has 3 aliphatic rings. The van der Waals surface area contributed by atoms with Crippen molar-refractivity contribution in [2.24, 2.45) is 5.73 Å². The van der Waals surface area contributed by atoms with Crippen LogP contribution < -0.4 is 16.0 Å². The van der Waals surface area contributed by atoms with Crippen LogP contribution in [-0.4, -0.2) is 71.3 Å². The highest BCUT2D eigenvalue weighted by Crippen LogP contribution is 2.39. The van der Waals surface area contributed by atoms with Gasteiger partial charge in [0.05, 0.1) is 12.2 Å². The Hall–Kier alpha value is -3.95. The van der Waals surface area contributed by atoms with E-state index in [0.29, 0.717) is 38.2 Å². The number of benzene rings is 2. The van der Waals surface area contributed by atoms with Crippen LogP contribution in [-0.2, 0) is 20.8 Å². The highest BCUT2D eigenvalue weighted by atomic mass is 19.1. The third-order valence-corrected chi connectivity index (χ3v) is 8.78. The highest BCUT2D eigenvalue weighted by molar-refractivity contribution is 5.97. The molecule has 0 aromatic heterocycles. The van der Waals surface area contributed by atoms with E-state index in [1.165, 1.54) is 18.6 Å². The van der Waals surface area contributed by atoms with E-state index >= 15 is 0 Å². The molecule has 2 saturated heterocycles. The Bertz CT molecular complexity index is 1290. The minimum absolute atomic E-state index is 0.0128. The number of aryl methyl sites for hydroxylation is 1. The van der Waals surface area contributed by atoms with E-state index in [0.717, 1.165) is 31.4 Å². The fourth-order valence-corrected chi connectivity index (χ4v) is 6.59. The number of hydrogen-bond acceptors (Lipinski definition) is 5. The molecule has 1 saturated carbocycles. The zero-order valence-corrected chi connectivity index (χ0v) is 23.3. The minimum Gasteiger partial charge on any atom is -0.365 e. The molecule has 2 aliphatic heterocycles. The number of anilines is 1. The summed E-state index contributed by atoms with van der Waals surface area (Å²) in [5, 5.41) is 3.12. The second-order valence-corrected chi connectivity index (χ2v) is 11.4. The van der Waals surface area contributed by atoms with Crippen LogP contribution in [0.3, 0.4) is 0 Å². The zero-order chi connectivity index (χ0) is 29.0. The van der Waals surface area contributed by atoms with Crippen molar-refractivity contribution in [3.63, 3.8) is 0 Å². The summed E-state index contributed by atoms with van der Waals surface area (Å²) < 4.78 is 14.1. The average Bonchev–Trinajstić information content (AvgIpc) is 3.23. The predicted octanol–water partition coefficient (Wildman–Crippen LogP) is 2.97. The molecule has 0 radical (unpaired) electrons. The fourth-order valence-electron chi connectivity index (χ4n) is 6.59. The normalized spacial score (nSPS) is 19.0. The molecule has 1 aliphatic carbocycles. The van der Waals surface area contributed by atoms with E-state index in [1.54, 1.807) is 15.9 Å². The standard InChI is InChI=1S/C31H38FN5O4/c32-25-13-7-8-22(28(25)29(33)40)14-15-27(39)35-18-16-31(17-19-35)30(41)36(21-37(31)24-11-5-2-6-12-24)20-26(38)34-23-9-3-1-4-10-23/h2,5-8,11-13,23H,1,3-4,9-10,14-21H2,(H2,33,40)(H,34,38). The molecule has 5 rings (SSSR count). The topological polar surface area (TPSA) is 116 Å². The molecule has 0 atom stereocenters. The number of piperidine rings is 1. The van der Waals surface area contributed by atoms with E-state index in [9.17, 15) is 23.6 Å². The van der Waals surface area contributed by atoms with Gasteiger partial charge in [0.15, 0.2) is 0 Å². The van der Waals surface area contributed by atoms with Crippen molar-refractivity contribution in [2.45, 2.75) is 69.4 Å². The summed E-state index contributed by atoms with van der Waals surface area (Å²) in [6.45, 7) is 1.08. The first-order chi connectivity index (χ1) is 19.8. The summed E-state index contributed by atoms with van der Waals surface area (Å²) in [6.07, 6.45) is 6.53. The number of nitrogens with zero attached hydrogens (tertiary/aromatic N) is 3. The molecule has 0 bridgehead atoms. The van der Waals surface area contributed by atoms with E-state index in [2.05, 4.69) is 10.2 Å². The lowest BCUT2D eigenvalue weighted by Gasteiger charge is -2.43.